The minimum absolute atomic E-state index is 0.120. The smallest absolute Gasteiger partial charge is 0.350 e. The first-order chi connectivity index (χ1) is 21.2. The molecule has 1 fully saturated rings. The van der Waals surface area contributed by atoms with E-state index in [1.807, 2.05) is 13.8 Å². The molecule has 1 unspecified atom stereocenters. The van der Waals surface area contributed by atoms with Crippen molar-refractivity contribution in [2.45, 2.75) is 59.9 Å². The lowest BCUT2D eigenvalue weighted by molar-refractivity contribution is -0.132. The lowest BCUT2D eigenvalue weighted by Gasteiger charge is -2.24. The largest absolute Gasteiger partial charge is 0.507 e. The molecule has 44 heavy (non-hydrogen) atoms. The standard InChI is InChI=1S/C33H38N2O8S/c1-6-10-18-42-23-14-11-21(12-15-23)28(36)26-27(22-13-16-24(43-17-7-2)25(19-22)40-8-3)35(31(38)29(26)37)33-34-20(5)30(44-33)32(39)41-9-4/h11-16,19,27,36H,6-10,17-18H2,1-5H3/b28-26+. The number of carbonyl (C=O) groups is 3. The number of carbonyl (C=O) groups excluding carboxylic acids is 3. The number of aryl methyl sites for hydroxylation is 1. The first-order valence-corrected chi connectivity index (χ1v) is 15.6. The number of anilines is 1. The third kappa shape index (κ3) is 6.88. The zero-order valence-corrected chi connectivity index (χ0v) is 26.5. The van der Waals surface area contributed by atoms with Gasteiger partial charge < -0.3 is 24.1 Å². The molecule has 1 N–H and O–H groups in total. The number of ketones is 1. The fourth-order valence-corrected chi connectivity index (χ4v) is 5.70. The van der Waals surface area contributed by atoms with Gasteiger partial charge in [0.2, 0.25) is 0 Å². The number of hydrogen-bond donors (Lipinski definition) is 1. The topological polar surface area (TPSA) is 124 Å². The number of Topliss-reactive ketones (excluding diaryl/α,β-unsaturated/α-hetero) is 1. The summed E-state index contributed by atoms with van der Waals surface area (Å²) in [6, 6.07) is 10.8. The summed E-state index contributed by atoms with van der Waals surface area (Å²) in [6.45, 7) is 10.8. The first kappa shape index (κ1) is 32.5. The van der Waals surface area contributed by atoms with Gasteiger partial charge in [0.15, 0.2) is 16.6 Å². The molecule has 4 rings (SSSR count). The van der Waals surface area contributed by atoms with Crippen LogP contribution in [0.4, 0.5) is 5.13 Å². The monoisotopic (exact) mass is 622 g/mol. The van der Waals surface area contributed by atoms with E-state index in [9.17, 15) is 19.5 Å². The van der Waals surface area contributed by atoms with Gasteiger partial charge in [0, 0.05) is 5.56 Å². The van der Waals surface area contributed by atoms with Crippen LogP contribution in [0.15, 0.2) is 48.0 Å². The maximum absolute atomic E-state index is 13.7. The summed E-state index contributed by atoms with van der Waals surface area (Å²) in [6.07, 6.45) is 2.70. The molecule has 0 aliphatic carbocycles. The predicted octanol–water partition coefficient (Wildman–Crippen LogP) is 6.62. The van der Waals surface area contributed by atoms with Gasteiger partial charge in [0.1, 0.15) is 16.4 Å². The molecule has 10 nitrogen and oxygen atoms in total. The van der Waals surface area contributed by atoms with Crippen LogP contribution in [0.3, 0.4) is 0 Å². The Morgan fingerprint density at radius 2 is 1.68 bits per heavy atom. The van der Waals surface area contributed by atoms with Crippen molar-refractivity contribution in [1.29, 1.82) is 0 Å². The van der Waals surface area contributed by atoms with E-state index in [0.29, 0.717) is 53.9 Å². The van der Waals surface area contributed by atoms with Crippen LogP contribution in [0.2, 0.25) is 0 Å². The Morgan fingerprint density at radius 1 is 0.932 bits per heavy atom. The van der Waals surface area contributed by atoms with Gasteiger partial charge in [-0.15, -0.1) is 0 Å². The maximum atomic E-state index is 13.7. The maximum Gasteiger partial charge on any atom is 0.350 e. The SMILES string of the molecule is CCCCOc1ccc(/C(O)=C2\C(=O)C(=O)N(c3nc(C)c(C(=O)OCC)s3)C2c2ccc(OCCC)c(OCC)c2)cc1. The van der Waals surface area contributed by atoms with Crippen LogP contribution in [0.1, 0.15) is 79.5 Å². The van der Waals surface area contributed by atoms with Crippen molar-refractivity contribution in [3.05, 3.63) is 69.7 Å². The highest BCUT2D eigenvalue weighted by Gasteiger charge is 2.48. The zero-order valence-electron chi connectivity index (χ0n) is 25.7. The van der Waals surface area contributed by atoms with Gasteiger partial charge in [-0.3, -0.25) is 14.5 Å². The van der Waals surface area contributed by atoms with E-state index >= 15 is 0 Å². The fraction of sp³-hybridized carbons (Fsp3) is 0.394. The molecule has 234 valence electrons. The second-order valence-corrected chi connectivity index (χ2v) is 11.0. The summed E-state index contributed by atoms with van der Waals surface area (Å²) in [5.41, 5.74) is 1.07. The van der Waals surface area contributed by atoms with Gasteiger partial charge in [-0.2, -0.15) is 0 Å². The fourth-order valence-electron chi connectivity index (χ4n) is 4.71. The number of thiazole rings is 1. The Hall–Kier alpha value is -4.38. The molecule has 11 heteroatoms. The highest BCUT2D eigenvalue weighted by molar-refractivity contribution is 7.17. The van der Waals surface area contributed by atoms with Gasteiger partial charge in [-0.05, 0) is 75.6 Å². The highest BCUT2D eigenvalue weighted by atomic mass is 32.1. The Bertz CT molecular complexity index is 1530. The van der Waals surface area contributed by atoms with Crippen molar-refractivity contribution in [2.24, 2.45) is 0 Å². The van der Waals surface area contributed by atoms with E-state index in [1.165, 1.54) is 4.90 Å². The molecule has 1 saturated heterocycles. The van der Waals surface area contributed by atoms with E-state index in [4.69, 9.17) is 18.9 Å². The number of amides is 1. The zero-order chi connectivity index (χ0) is 31.8. The van der Waals surface area contributed by atoms with Gasteiger partial charge in [0.25, 0.3) is 5.78 Å². The molecule has 3 aromatic rings. The molecule has 1 atom stereocenters. The molecule has 1 aliphatic heterocycles. The third-order valence-electron chi connectivity index (χ3n) is 6.84. The van der Waals surface area contributed by atoms with Crippen LogP contribution >= 0.6 is 11.3 Å². The number of aromatic nitrogens is 1. The molecular weight excluding hydrogens is 584 g/mol. The van der Waals surface area contributed by atoms with Crippen molar-refractivity contribution in [3.63, 3.8) is 0 Å². The molecule has 1 amide bonds. The van der Waals surface area contributed by atoms with Crippen LogP contribution in [-0.4, -0.2) is 54.2 Å². The molecule has 0 saturated carbocycles. The van der Waals surface area contributed by atoms with E-state index in [2.05, 4.69) is 11.9 Å². The van der Waals surface area contributed by atoms with Gasteiger partial charge in [-0.25, -0.2) is 9.78 Å². The lowest BCUT2D eigenvalue weighted by Crippen LogP contribution is -2.29. The third-order valence-corrected chi connectivity index (χ3v) is 7.97. The number of aliphatic hydroxyl groups is 1. The van der Waals surface area contributed by atoms with Gasteiger partial charge in [-0.1, -0.05) is 37.7 Å². The lowest BCUT2D eigenvalue weighted by atomic mass is 9.95. The number of ether oxygens (including phenoxy) is 4. The molecule has 1 aliphatic rings. The van der Waals surface area contributed by atoms with Crippen molar-refractivity contribution in [3.8, 4) is 17.2 Å². The molecule has 1 aromatic heterocycles. The van der Waals surface area contributed by atoms with Crippen molar-refractivity contribution < 1.29 is 38.4 Å². The number of hydrogen-bond acceptors (Lipinski definition) is 10. The summed E-state index contributed by atoms with van der Waals surface area (Å²) >= 11 is 0.949. The quantitative estimate of drug-likeness (QED) is 0.0694. The number of esters is 1. The van der Waals surface area contributed by atoms with Gasteiger partial charge >= 0.3 is 11.9 Å². The van der Waals surface area contributed by atoms with Crippen molar-refractivity contribution in [1.82, 2.24) is 4.98 Å². The number of unbranched alkanes of at least 4 members (excludes halogenated alkanes) is 1. The Labute approximate surface area is 261 Å². The van der Waals surface area contributed by atoms with Crippen molar-refractivity contribution in [2.75, 3.05) is 31.3 Å². The number of benzene rings is 2. The minimum atomic E-state index is -1.07. The molecule has 0 bridgehead atoms. The average Bonchev–Trinajstić information content (AvgIpc) is 3.53. The first-order valence-electron chi connectivity index (χ1n) is 14.8. The number of aliphatic hydroxyl groups excluding tert-OH is 1. The Morgan fingerprint density at radius 3 is 2.34 bits per heavy atom. The predicted molar refractivity (Wildman–Crippen MR) is 168 cm³/mol. The Kier molecular flexibility index (Phi) is 11.0. The van der Waals surface area contributed by atoms with E-state index < -0.39 is 23.7 Å². The normalized spacial score (nSPS) is 15.8. The summed E-state index contributed by atoms with van der Waals surface area (Å²) in [5.74, 6) is -1.11. The number of nitrogens with zero attached hydrogens (tertiary/aromatic N) is 2. The molecule has 0 spiro atoms. The summed E-state index contributed by atoms with van der Waals surface area (Å²) < 4.78 is 22.6. The van der Waals surface area contributed by atoms with E-state index in [-0.39, 0.29) is 27.9 Å². The van der Waals surface area contributed by atoms with Crippen LogP contribution in [-0.2, 0) is 14.3 Å². The molecule has 2 aromatic carbocycles. The van der Waals surface area contributed by atoms with Crippen LogP contribution in [0, 0.1) is 6.92 Å². The van der Waals surface area contributed by atoms with Gasteiger partial charge in [0.05, 0.1) is 43.7 Å². The summed E-state index contributed by atoms with van der Waals surface area (Å²) in [7, 11) is 0. The van der Waals surface area contributed by atoms with Crippen molar-refractivity contribution >= 4 is 39.9 Å². The second kappa shape index (κ2) is 14.9. The molecular formula is C33H38N2O8S. The van der Waals surface area contributed by atoms with E-state index in [1.54, 1.807) is 56.3 Å². The van der Waals surface area contributed by atoms with Crippen LogP contribution < -0.4 is 19.1 Å². The second-order valence-electron chi connectivity index (χ2n) is 10.0. The molecule has 2 heterocycles. The highest BCUT2D eigenvalue weighted by Crippen LogP contribution is 2.45. The van der Waals surface area contributed by atoms with E-state index in [0.717, 1.165) is 30.6 Å². The van der Waals surface area contributed by atoms with Crippen LogP contribution in [0.25, 0.3) is 5.76 Å². The minimum Gasteiger partial charge on any atom is -0.507 e. The summed E-state index contributed by atoms with van der Waals surface area (Å²) in [4.78, 5) is 45.9. The molecule has 0 radical (unpaired) electrons. The van der Waals surface area contributed by atoms with Crippen LogP contribution in [0.5, 0.6) is 17.2 Å². The average molecular weight is 623 g/mol. The number of rotatable bonds is 14. The Balaban J connectivity index is 1.86. The summed E-state index contributed by atoms with van der Waals surface area (Å²) in [5, 5.41) is 11.7.